The molecule has 0 aliphatic carbocycles. The Labute approximate surface area is 155 Å². The Morgan fingerprint density at radius 3 is 2.50 bits per heavy atom. The van der Waals surface area contributed by atoms with Crippen LogP contribution in [0.1, 0.15) is 51.5 Å². The number of benzene rings is 1. The number of piperidine rings is 1. The van der Waals surface area contributed by atoms with Gasteiger partial charge in [-0.05, 0) is 49.3 Å². The van der Waals surface area contributed by atoms with Crippen molar-refractivity contribution in [3.05, 3.63) is 29.8 Å². The highest BCUT2D eigenvalue weighted by atomic mass is 16.5. The van der Waals surface area contributed by atoms with Gasteiger partial charge in [-0.2, -0.15) is 0 Å². The second-order valence-electron chi connectivity index (χ2n) is 6.85. The van der Waals surface area contributed by atoms with E-state index in [1.54, 1.807) is 0 Å². The largest absolute Gasteiger partial charge is 0.492 e. The molecule has 1 aliphatic heterocycles. The summed E-state index contributed by atoms with van der Waals surface area (Å²) in [5.74, 6) is -1.16. The van der Waals surface area contributed by atoms with E-state index in [0.717, 1.165) is 31.2 Å². The number of carboxylic acid groups (broad SMARTS) is 2. The van der Waals surface area contributed by atoms with E-state index in [2.05, 4.69) is 49.9 Å². The second-order valence-corrected chi connectivity index (χ2v) is 6.85. The molecule has 0 radical (unpaired) electrons. The lowest BCUT2D eigenvalue weighted by Gasteiger charge is -2.30. The fourth-order valence-electron chi connectivity index (χ4n) is 3.01. The van der Waals surface area contributed by atoms with Crippen LogP contribution in [-0.2, 0) is 9.59 Å². The van der Waals surface area contributed by atoms with E-state index >= 15 is 0 Å². The third-order valence-electron chi connectivity index (χ3n) is 4.65. The third kappa shape index (κ3) is 7.87. The average Bonchev–Trinajstić information content (AvgIpc) is 2.62. The van der Waals surface area contributed by atoms with Crippen LogP contribution in [0.5, 0.6) is 5.75 Å². The van der Waals surface area contributed by atoms with Crippen LogP contribution in [0.25, 0.3) is 0 Å². The van der Waals surface area contributed by atoms with Crippen molar-refractivity contribution in [1.29, 1.82) is 0 Å². The van der Waals surface area contributed by atoms with Gasteiger partial charge in [-0.1, -0.05) is 39.0 Å². The van der Waals surface area contributed by atoms with Gasteiger partial charge in [0, 0.05) is 13.1 Å². The van der Waals surface area contributed by atoms with Crippen molar-refractivity contribution < 1.29 is 24.5 Å². The Balaban J connectivity index is 0.000000487. The third-order valence-corrected chi connectivity index (χ3v) is 4.65. The summed E-state index contributed by atoms with van der Waals surface area (Å²) in [4.78, 5) is 20.7. The van der Waals surface area contributed by atoms with E-state index < -0.39 is 11.9 Å². The molecule has 0 spiro atoms. The molecule has 1 aliphatic rings. The number of carboxylic acids is 2. The van der Waals surface area contributed by atoms with Crippen molar-refractivity contribution >= 4 is 11.9 Å². The molecule has 1 aromatic carbocycles. The molecule has 1 aromatic rings. The Kier molecular flexibility index (Phi) is 9.73. The predicted molar refractivity (Wildman–Crippen MR) is 101 cm³/mol. The normalized spacial score (nSPS) is 18.3. The van der Waals surface area contributed by atoms with Gasteiger partial charge in [0.15, 0.2) is 0 Å². The Bertz CT molecular complexity index is 563. The van der Waals surface area contributed by atoms with E-state index in [4.69, 9.17) is 24.5 Å². The number of hydrogen-bond acceptors (Lipinski definition) is 4. The second kappa shape index (κ2) is 11.5. The molecule has 0 aromatic heterocycles. The zero-order chi connectivity index (χ0) is 19.5. The average molecular weight is 365 g/mol. The van der Waals surface area contributed by atoms with E-state index in [1.165, 1.54) is 31.5 Å². The molecule has 146 valence electrons. The number of likely N-dealkylation sites (tertiary alicyclic amines) is 1. The van der Waals surface area contributed by atoms with Crippen LogP contribution in [-0.4, -0.2) is 53.3 Å². The van der Waals surface area contributed by atoms with Gasteiger partial charge in [-0.15, -0.1) is 0 Å². The molecule has 2 atom stereocenters. The summed E-state index contributed by atoms with van der Waals surface area (Å²) >= 11 is 0. The molecular formula is C20H31NO5. The number of hydrogen-bond donors (Lipinski definition) is 2. The molecule has 6 nitrogen and oxygen atoms in total. The number of rotatable bonds is 6. The van der Waals surface area contributed by atoms with E-state index in [9.17, 15) is 0 Å². The van der Waals surface area contributed by atoms with Crippen LogP contribution in [0, 0.1) is 5.92 Å². The SMILES string of the molecule is CCC(C)c1ccccc1OCCN1CCCC(C)C1.O=C(O)C(=O)O. The fourth-order valence-corrected chi connectivity index (χ4v) is 3.01. The van der Waals surface area contributed by atoms with Gasteiger partial charge in [0.2, 0.25) is 0 Å². The van der Waals surface area contributed by atoms with Crippen LogP contribution in [0.2, 0.25) is 0 Å². The van der Waals surface area contributed by atoms with Crippen LogP contribution in [0.4, 0.5) is 0 Å². The molecule has 2 unspecified atom stereocenters. The molecule has 0 saturated carbocycles. The standard InChI is InChI=1S/C18H29NO.C2H2O4/c1-4-16(3)17-9-5-6-10-18(17)20-13-12-19-11-7-8-15(2)14-19;3-1(4)2(5)6/h5-6,9-10,15-16H,4,7-8,11-14H2,1-3H3;(H,3,4)(H,5,6). The smallest absolute Gasteiger partial charge is 0.414 e. The molecule has 1 saturated heterocycles. The summed E-state index contributed by atoms with van der Waals surface area (Å²) in [7, 11) is 0. The van der Waals surface area contributed by atoms with Crippen molar-refractivity contribution in [2.45, 2.75) is 46.0 Å². The molecule has 2 N–H and O–H groups in total. The molecular weight excluding hydrogens is 334 g/mol. The first kappa shape index (κ1) is 22.0. The van der Waals surface area contributed by atoms with Crippen LogP contribution in [0.15, 0.2) is 24.3 Å². The number of aliphatic carboxylic acids is 2. The lowest BCUT2D eigenvalue weighted by Crippen LogP contribution is -2.37. The summed E-state index contributed by atoms with van der Waals surface area (Å²) in [6.45, 7) is 11.2. The number of carbonyl (C=O) groups is 2. The highest BCUT2D eigenvalue weighted by Gasteiger charge is 2.16. The van der Waals surface area contributed by atoms with E-state index in [-0.39, 0.29) is 0 Å². The zero-order valence-corrected chi connectivity index (χ0v) is 16.0. The minimum absolute atomic E-state index is 0.571. The van der Waals surface area contributed by atoms with Crippen molar-refractivity contribution in [1.82, 2.24) is 4.90 Å². The minimum Gasteiger partial charge on any atom is -0.492 e. The first-order chi connectivity index (χ1) is 12.3. The lowest BCUT2D eigenvalue weighted by atomic mass is 9.98. The van der Waals surface area contributed by atoms with Crippen LogP contribution >= 0.6 is 0 Å². The molecule has 0 bridgehead atoms. The minimum atomic E-state index is -1.82. The predicted octanol–water partition coefficient (Wildman–Crippen LogP) is 3.47. The summed E-state index contributed by atoms with van der Waals surface area (Å²) in [5, 5.41) is 14.8. The van der Waals surface area contributed by atoms with Crippen molar-refractivity contribution in [3.8, 4) is 5.75 Å². The topological polar surface area (TPSA) is 87.1 Å². The van der Waals surface area contributed by atoms with Crippen molar-refractivity contribution in [3.63, 3.8) is 0 Å². The summed E-state index contributed by atoms with van der Waals surface area (Å²) < 4.78 is 6.06. The Morgan fingerprint density at radius 1 is 1.27 bits per heavy atom. The molecule has 1 heterocycles. The first-order valence-electron chi connectivity index (χ1n) is 9.25. The first-order valence-corrected chi connectivity index (χ1v) is 9.25. The van der Waals surface area contributed by atoms with Gasteiger partial charge in [-0.25, -0.2) is 9.59 Å². The maximum Gasteiger partial charge on any atom is 0.414 e. The fraction of sp³-hybridized carbons (Fsp3) is 0.600. The van der Waals surface area contributed by atoms with E-state index in [1.807, 2.05) is 0 Å². The Hall–Kier alpha value is -2.08. The lowest BCUT2D eigenvalue weighted by molar-refractivity contribution is -0.159. The quantitative estimate of drug-likeness (QED) is 0.751. The number of para-hydroxylation sites is 1. The van der Waals surface area contributed by atoms with Gasteiger partial charge in [0.05, 0.1) is 0 Å². The van der Waals surface area contributed by atoms with E-state index in [0.29, 0.717) is 5.92 Å². The zero-order valence-electron chi connectivity index (χ0n) is 16.0. The van der Waals surface area contributed by atoms with Gasteiger partial charge in [0.25, 0.3) is 0 Å². The van der Waals surface area contributed by atoms with Crippen LogP contribution in [0.3, 0.4) is 0 Å². The van der Waals surface area contributed by atoms with Gasteiger partial charge >= 0.3 is 11.9 Å². The maximum absolute atomic E-state index is 9.10. The summed E-state index contributed by atoms with van der Waals surface area (Å²) in [5.41, 5.74) is 1.35. The molecule has 1 fully saturated rings. The van der Waals surface area contributed by atoms with Crippen molar-refractivity contribution in [2.24, 2.45) is 5.92 Å². The summed E-state index contributed by atoms with van der Waals surface area (Å²) in [6, 6.07) is 8.50. The van der Waals surface area contributed by atoms with Crippen LogP contribution < -0.4 is 4.74 Å². The highest BCUT2D eigenvalue weighted by Crippen LogP contribution is 2.28. The monoisotopic (exact) mass is 365 g/mol. The van der Waals surface area contributed by atoms with Crippen molar-refractivity contribution in [2.75, 3.05) is 26.2 Å². The van der Waals surface area contributed by atoms with Gasteiger partial charge < -0.3 is 14.9 Å². The molecule has 6 heteroatoms. The Morgan fingerprint density at radius 2 is 1.92 bits per heavy atom. The molecule has 26 heavy (non-hydrogen) atoms. The maximum atomic E-state index is 9.10. The number of nitrogens with zero attached hydrogens (tertiary/aromatic N) is 1. The highest BCUT2D eigenvalue weighted by molar-refractivity contribution is 6.27. The summed E-state index contributed by atoms with van der Waals surface area (Å²) in [6.07, 6.45) is 3.88. The molecule has 2 rings (SSSR count). The molecule has 0 amide bonds. The van der Waals surface area contributed by atoms with Gasteiger partial charge in [-0.3, -0.25) is 4.90 Å². The number of ether oxygens (including phenoxy) is 1. The van der Waals surface area contributed by atoms with Gasteiger partial charge in [0.1, 0.15) is 12.4 Å².